The number of sulfonamides is 1. The molecule has 0 bridgehead atoms. The van der Waals surface area contributed by atoms with Crippen LogP contribution in [0.2, 0.25) is 0 Å². The Morgan fingerprint density at radius 2 is 1.79 bits per heavy atom. The molecule has 1 saturated heterocycles. The Kier molecular flexibility index (Phi) is 6.73. The van der Waals surface area contributed by atoms with Gasteiger partial charge in [0, 0.05) is 25.6 Å². The Hall–Kier alpha value is -2.88. The summed E-state index contributed by atoms with van der Waals surface area (Å²) in [7, 11) is -3.67. The minimum absolute atomic E-state index is 0.110. The highest BCUT2D eigenvalue weighted by atomic mass is 32.2. The van der Waals surface area contributed by atoms with Crippen LogP contribution in [0.25, 0.3) is 11.3 Å². The third kappa shape index (κ3) is 5.05. The van der Waals surface area contributed by atoms with Crippen LogP contribution in [0.1, 0.15) is 35.0 Å². The highest BCUT2D eigenvalue weighted by Crippen LogP contribution is 2.32. The van der Waals surface area contributed by atoms with Crippen molar-refractivity contribution >= 4 is 38.2 Å². The summed E-state index contributed by atoms with van der Waals surface area (Å²) in [5.74, 6) is -0.911. The maximum atomic E-state index is 13.1. The maximum absolute atomic E-state index is 13.1. The third-order valence-corrected chi connectivity index (χ3v) is 8.59. The summed E-state index contributed by atoms with van der Waals surface area (Å²) >= 11 is 1.13. The lowest BCUT2D eigenvalue weighted by atomic mass is 9.99. The number of amides is 1. The van der Waals surface area contributed by atoms with Crippen LogP contribution in [-0.4, -0.2) is 42.5 Å². The van der Waals surface area contributed by atoms with Crippen molar-refractivity contribution in [3.8, 4) is 11.3 Å². The Balaban J connectivity index is 1.51. The van der Waals surface area contributed by atoms with E-state index in [1.807, 2.05) is 37.3 Å². The van der Waals surface area contributed by atoms with Gasteiger partial charge >= 0.3 is 0 Å². The van der Waals surface area contributed by atoms with E-state index in [9.17, 15) is 18.0 Å². The summed E-state index contributed by atoms with van der Waals surface area (Å²) in [6.07, 6.45) is 1.18. The molecule has 2 aromatic carbocycles. The van der Waals surface area contributed by atoms with Gasteiger partial charge in [-0.3, -0.25) is 9.59 Å². The second-order valence-corrected chi connectivity index (χ2v) is 11.1. The molecule has 1 unspecified atom stereocenters. The van der Waals surface area contributed by atoms with Crippen molar-refractivity contribution in [3.05, 3.63) is 65.0 Å². The molecule has 1 N–H and O–H groups in total. The van der Waals surface area contributed by atoms with Gasteiger partial charge in [0.15, 0.2) is 10.9 Å². The topological polar surface area (TPSA) is 96.4 Å². The lowest BCUT2D eigenvalue weighted by molar-refractivity contribution is -0.120. The largest absolute Gasteiger partial charge is 0.302 e. The number of piperidine rings is 1. The van der Waals surface area contributed by atoms with Gasteiger partial charge < -0.3 is 5.32 Å². The average molecular weight is 484 g/mol. The van der Waals surface area contributed by atoms with Gasteiger partial charge in [0.25, 0.3) is 0 Å². The van der Waals surface area contributed by atoms with Crippen LogP contribution < -0.4 is 5.32 Å². The number of nitrogens with one attached hydrogen (secondary N) is 1. The molecule has 1 amide bonds. The van der Waals surface area contributed by atoms with Gasteiger partial charge in [0.1, 0.15) is 0 Å². The van der Waals surface area contributed by atoms with Crippen LogP contribution in [-0.2, 0) is 14.8 Å². The molecule has 3 aromatic rings. The maximum Gasteiger partial charge on any atom is 0.243 e. The SMILES string of the molecule is CC(=O)c1sc(NC(=O)C2CCCN(S(=O)(=O)c3ccc(C)cc3)C2)nc1-c1ccccc1. The lowest BCUT2D eigenvalue weighted by Gasteiger charge is -2.31. The van der Waals surface area contributed by atoms with E-state index in [-0.39, 0.29) is 23.1 Å². The van der Waals surface area contributed by atoms with Gasteiger partial charge in [-0.05, 0) is 31.9 Å². The summed E-state index contributed by atoms with van der Waals surface area (Å²) in [4.78, 5) is 30.3. The fourth-order valence-electron chi connectivity index (χ4n) is 3.85. The van der Waals surface area contributed by atoms with E-state index in [1.54, 1.807) is 24.3 Å². The van der Waals surface area contributed by atoms with Gasteiger partial charge in [-0.2, -0.15) is 4.31 Å². The number of nitrogens with zero attached hydrogens (tertiary/aromatic N) is 2. The number of ketones is 1. The minimum atomic E-state index is -3.67. The van der Waals surface area contributed by atoms with Gasteiger partial charge in [0.2, 0.25) is 15.9 Å². The predicted molar refractivity (Wildman–Crippen MR) is 129 cm³/mol. The first-order valence-corrected chi connectivity index (χ1v) is 13.0. The zero-order valence-electron chi connectivity index (χ0n) is 18.4. The summed E-state index contributed by atoms with van der Waals surface area (Å²) < 4.78 is 27.5. The quantitative estimate of drug-likeness (QED) is 0.526. The van der Waals surface area contributed by atoms with Crippen LogP contribution >= 0.6 is 11.3 Å². The Morgan fingerprint density at radius 3 is 2.45 bits per heavy atom. The van der Waals surface area contributed by atoms with Gasteiger partial charge in [-0.15, -0.1) is 0 Å². The first kappa shape index (κ1) is 23.3. The fraction of sp³-hybridized carbons (Fsp3) is 0.292. The van der Waals surface area contributed by atoms with Crippen molar-refractivity contribution in [2.75, 3.05) is 18.4 Å². The first-order valence-electron chi connectivity index (χ1n) is 10.7. The molecule has 9 heteroatoms. The monoisotopic (exact) mass is 483 g/mol. The average Bonchev–Trinajstić information content (AvgIpc) is 3.24. The van der Waals surface area contributed by atoms with Crippen molar-refractivity contribution < 1.29 is 18.0 Å². The van der Waals surface area contributed by atoms with Crippen molar-refractivity contribution in [3.63, 3.8) is 0 Å². The van der Waals surface area contributed by atoms with Gasteiger partial charge in [-0.1, -0.05) is 59.4 Å². The molecule has 1 atom stereocenters. The summed E-state index contributed by atoms with van der Waals surface area (Å²) in [5.41, 5.74) is 2.32. The molecule has 4 rings (SSSR count). The molecule has 0 aliphatic carbocycles. The van der Waals surface area contributed by atoms with Crippen molar-refractivity contribution in [1.29, 1.82) is 0 Å². The molecule has 1 aromatic heterocycles. The van der Waals surface area contributed by atoms with Gasteiger partial charge in [-0.25, -0.2) is 13.4 Å². The highest BCUT2D eigenvalue weighted by Gasteiger charge is 2.33. The normalized spacial score (nSPS) is 17.0. The van der Waals surface area contributed by atoms with E-state index in [2.05, 4.69) is 10.3 Å². The zero-order chi connectivity index (χ0) is 23.6. The second kappa shape index (κ2) is 9.54. The van der Waals surface area contributed by atoms with Crippen molar-refractivity contribution in [2.45, 2.75) is 31.6 Å². The van der Waals surface area contributed by atoms with Crippen LogP contribution in [0, 0.1) is 12.8 Å². The Bertz CT molecular complexity index is 1270. The number of aromatic nitrogens is 1. The number of hydrogen-bond donors (Lipinski definition) is 1. The molecule has 1 aliphatic rings. The smallest absolute Gasteiger partial charge is 0.243 e. The molecule has 1 aliphatic heterocycles. The van der Waals surface area contributed by atoms with E-state index in [0.29, 0.717) is 35.1 Å². The molecule has 172 valence electrons. The summed E-state index contributed by atoms with van der Waals surface area (Å²) in [6.45, 7) is 3.86. The van der Waals surface area contributed by atoms with E-state index >= 15 is 0 Å². The first-order chi connectivity index (χ1) is 15.8. The molecule has 2 heterocycles. The number of rotatable bonds is 6. The van der Waals surface area contributed by atoms with Crippen LogP contribution in [0.3, 0.4) is 0 Å². The van der Waals surface area contributed by atoms with Crippen LogP contribution in [0.15, 0.2) is 59.5 Å². The highest BCUT2D eigenvalue weighted by molar-refractivity contribution is 7.89. The molecule has 33 heavy (non-hydrogen) atoms. The van der Waals surface area contributed by atoms with E-state index in [1.165, 1.54) is 11.2 Å². The number of benzene rings is 2. The van der Waals surface area contributed by atoms with E-state index < -0.39 is 15.9 Å². The number of carbonyl (C=O) groups is 2. The molecular formula is C24H25N3O4S2. The fourth-order valence-corrected chi connectivity index (χ4v) is 6.26. The third-order valence-electron chi connectivity index (χ3n) is 5.64. The number of thiazole rings is 1. The molecule has 0 saturated carbocycles. The number of anilines is 1. The van der Waals surface area contributed by atoms with Crippen LogP contribution in [0.4, 0.5) is 5.13 Å². The predicted octanol–water partition coefficient (Wildman–Crippen LogP) is 4.36. The standard InChI is InChI=1S/C24H25N3O4S2/c1-16-10-12-20(13-11-16)33(30,31)27-14-6-9-19(15-27)23(29)26-24-25-21(22(32-24)17(2)28)18-7-4-3-5-8-18/h3-5,7-8,10-13,19H,6,9,14-15H2,1-2H3,(H,25,26,29). The molecule has 0 spiro atoms. The summed E-state index contributed by atoms with van der Waals surface area (Å²) in [6, 6.07) is 16.1. The summed E-state index contributed by atoms with van der Waals surface area (Å²) in [5, 5.41) is 3.15. The number of aryl methyl sites for hydroxylation is 1. The number of carbonyl (C=O) groups excluding carboxylic acids is 2. The molecular weight excluding hydrogens is 458 g/mol. The Labute approximate surface area is 197 Å². The zero-order valence-corrected chi connectivity index (χ0v) is 20.1. The molecule has 1 fully saturated rings. The number of Topliss-reactive ketones (excluding diaryl/α,β-unsaturated/α-hetero) is 1. The van der Waals surface area contributed by atoms with Crippen molar-refractivity contribution in [2.24, 2.45) is 5.92 Å². The van der Waals surface area contributed by atoms with E-state index in [0.717, 1.165) is 22.5 Å². The Morgan fingerprint density at radius 1 is 1.09 bits per heavy atom. The van der Waals surface area contributed by atoms with E-state index in [4.69, 9.17) is 0 Å². The minimum Gasteiger partial charge on any atom is -0.302 e. The lowest BCUT2D eigenvalue weighted by Crippen LogP contribution is -2.43. The molecule has 7 nitrogen and oxygen atoms in total. The molecule has 0 radical (unpaired) electrons. The van der Waals surface area contributed by atoms with Crippen LogP contribution in [0.5, 0.6) is 0 Å². The van der Waals surface area contributed by atoms with Crippen molar-refractivity contribution in [1.82, 2.24) is 9.29 Å². The second-order valence-electron chi connectivity index (χ2n) is 8.12. The van der Waals surface area contributed by atoms with Gasteiger partial charge in [0.05, 0.1) is 21.4 Å². The number of hydrogen-bond acceptors (Lipinski definition) is 6.